The van der Waals surface area contributed by atoms with Crippen molar-refractivity contribution in [2.45, 2.75) is 69.1 Å². The highest BCUT2D eigenvalue weighted by Gasteiger charge is 2.45. The molecule has 1 saturated carbocycles. The van der Waals surface area contributed by atoms with Crippen LogP contribution in [0.15, 0.2) is 18.2 Å². The third-order valence-corrected chi connectivity index (χ3v) is 7.05. The lowest BCUT2D eigenvalue weighted by Crippen LogP contribution is -2.54. The predicted octanol–water partition coefficient (Wildman–Crippen LogP) is 0.852. The molecule has 5 rings (SSSR count). The topological polar surface area (TPSA) is 108 Å². The number of fused-ring (bicyclic) bond motifs is 1. The van der Waals surface area contributed by atoms with Crippen molar-refractivity contribution in [1.29, 1.82) is 0 Å². The largest absolute Gasteiger partial charge is 0.311 e. The van der Waals surface area contributed by atoms with E-state index >= 15 is 0 Å². The van der Waals surface area contributed by atoms with E-state index in [0.717, 1.165) is 23.4 Å². The molecule has 0 bridgehead atoms. The summed E-state index contributed by atoms with van der Waals surface area (Å²) in [5, 5.41) is 9.42. The van der Waals surface area contributed by atoms with Crippen LogP contribution in [0, 0.1) is 0 Å². The SMILES string of the molecule is O=C1CCC(N2C(=O)c3cccc(CNCC4CCC5(CCC5)N4)c3C2=O)C(=O)N1. The molecule has 1 aromatic carbocycles. The number of nitrogens with zero attached hydrogens (tertiary/aromatic N) is 1. The number of amides is 4. The number of carbonyl (C=O) groups is 4. The van der Waals surface area contributed by atoms with Crippen LogP contribution in [-0.2, 0) is 16.1 Å². The molecule has 2 unspecified atom stereocenters. The summed E-state index contributed by atoms with van der Waals surface area (Å²) in [7, 11) is 0. The van der Waals surface area contributed by atoms with E-state index in [9.17, 15) is 19.2 Å². The van der Waals surface area contributed by atoms with Crippen LogP contribution in [-0.4, -0.2) is 52.7 Å². The summed E-state index contributed by atoms with van der Waals surface area (Å²) in [6.07, 6.45) is 6.51. The molecule has 1 aromatic rings. The smallest absolute Gasteiger partial charge is 0.262 e. The number of hydrogen-bond acceptors (Lipinski definition) is 6. The first-order valence-electron chi connectivity index (χ1n) is 10.8. The van der Waals surface area contributed by atoms with Gasteiger partial charge in [-0.05, 0) is 50.2 Å². The third kappa shape index (κ3) is 3.15. The van der Waals surface area contributed by atoms with Gasteiger partial charge < -0.3 is 10.6 Å². The van der Waals surface area contributed by atoms with E-state index < -0.39 is 23.8 Å². The molecule has 158 valence electrons. The van der Waals surface area contributed by atoms with Gasteiger partial charge in [0.25, 0.3) is 11.8 Å². The van der Waals surface area contributed by atoms with E-state index in [1.165, 1.54) is 25.7 Å². The minimum Gasteiger partial charge on any atom is -0.311 e. The minimum atomic E-state index is -0.933. The van der Waals surface area contributed by atoms with Gasteiger partial charge >= 0.3 is 0 Å². The summed E-state index contributed by atoms with van der Waals surface area (Å²) in [5.74, 6) is -1.87. The summed E-state index contributed by atoms with van der Waals surface area (Å²) >= 11 is 0. The van der Waals surface area contributed by atoms with E-state index in [1.54, 1.807) is 12.1 Å². The van der Waals surface area contributed by atoms with Crippen LogP contribution in [0.1, 0.15) is 71.2 Å². The molecule has 2 saturated heterocycles. The quantitative estimate of drug-likeness (QED) is 0.622. The Hall–Kier alpha value is -2.58. The highest BCUT2D eigenvalue weighted by Crippen LogP contribution is 2.40. The summed E-state index contributed by atoms with van der Waals surface area (Å²) in [5.41, 5.74) is 1.83. The highest BCUT2D eigenvalue weighted by atomic mass is 16.2. The fourth-order valence-corrected chi connectivity index (χ4v) is 5.29. The van der Waals surface area contributed by atoms with E-state index in [-0.39, 0.29) is 18.7 Å². The zero-order valence-electron chi connectivity index (χ0n) is 16.8. The first-order chi connectivity index (χ1) is 14.5. The molecule has 3 N–H and O–H groups in total. The van der Waals surface area contributed by atoms with Crippen molar-refractivity contribution in [3.05, 3.63) is 34.9 Å². The standard InChI is InChI=1S/C22H26N4O4/c27-17-6-5-16(19(28)24-17)26-20(29)15-4-1-3-13(18(15)21(26)30)11-23-12-14-7-10-22(25-14)8-2-9-22/h1,3-4,14,16,23,25H,2,5-12H2,(H,24,27,28). The molecule has 3 aliphatic heterocycles. The number of nitrogens with one attached hydrogen (secondary N) is 3. The van der Waals surface area contributed by atoms with Gasteiger partial charge in [-0.25, -0.2) is 0 Å². The van der Waals surface area contributed by atoms with Gasteiger partial charge in [-0.3, -0.25) is 29.4 Å². The Bertz CT molecular complexity index is 939. The first-order valence-corrected chi connectivity index (χ1v) is 10.8. The van der Waals surface area contributed by atoms with Crippen LogP contribution >= 0.6 is 0 Å². The lowest BCUT2D eigenvalue weighted by Gasteiger charge is -2.39. The summed E-state index contributed by atoms with van der Waals surface area (Å²) in [6, 6.07) is 4.74. The van der Waals surface area contributed by atoms with Crippen molar-refractivity contribution in [3.63, 3.8) is 0 Å². The van der Waals surface area contributed by atoms with Crippen LogP contribution in [0.25, 0.3) is 0 Å². The molecule has 2 atom stereocenters. The Morgan fingerprint density at radius 2 is 1.90 bits per heavy atom. The number of carbonyl (C=O) groups excluding carboxylic acids is 4. The maximum atomic E-state index is 13.1. The van der Waals surface area contributed by atoms with Gasteiger partial charge in [0.05, 0.1) is 11.1 Å². The number of rotatable bonds is 5. The Balaban J connectivity index is 1.27. The van der Waals surface area contributed by atoms with Crippen molar-refractivity contribution >= 4 is 23.6 Å². The number of piperidine rings is 1. The van der Waals surface area contributed by atoms with E-state index in [4.69, 9.17) is 0 Å². The fraction of sp³-hybridized carbons (Fsp3) is 0.545. The summed E-state index contributed by atoms with van der Waals surface area (Å²) in [6.45, 7) is 1.29. The van der Waals surface area contributed by atoms with Crippen molar-refractivity contribution < 1.29 is 19.2 Å². The number of benzene rings is 1. The van der Waals surface area contributed by atoms with Crippen LogP contribution in [0.3, 0.4) is 0 Å². The normalized spacial score (nSPS) is 27.4. The van der Waals surface area contributed by atoms with Gasteiger partial charge in [0, 0.05) is 31.1 Å². The number of imide groups is 2. The Morgan fingerprint density at radius 1 is 1.07 bits per heavy atom. The second-order valence-electron chi connectivity index (χ2n) is 8.93. The van der Waals surface area contributed by atoms with Gasteiger partial charge in [0.15, 0.2) is 0 Å². The van der Waals surface area contributed by atoms with Crippen LogP contribution in [0.4, 0.5) is 0 Å². The van der Waals surface area contributed by atoms with E-state index in [1.807, 2.05) is 6.07 Å². The zero-order valence-corrected chi connectivity index (χ0v) is 16.8. The monoisotopic (exact) mass is 410 g/mol. The summed E-state index contributed by atoms with van der Waals surface area (Å²) in [4.78, 5) is 50.7. The van der Waals surface area contributed by atoms with Crippen molar-refractivity contribution in [2.24, 2.45) is 0 Å². The van der Waals surface area contributed by atoms with E-state index in [0.29, 0.717) is 29.3 Å². The molecule has 1 aliphatic carbocycles. The molecule has 3 heterocycles. The zero-order chi connectivity index (χ0) is 20.9. The molecule has 8 heteroatoms. The molecular formula is C22H26N4O4. The second-order valence-corrected chi connectivity index (χ2v) is 8.93. The Morgan fingerprint density at radius 3 is 2.60 bits per heavy atom. The number of hydrogen-bond donors (Lipinski definition) is 3. The Labute approximate surface area is 174 Å². The van der Waals surface area contributed by atoms with Crippen molar-refractivity contribution in [3.8, 4) is 0 Å². The van der Waals surface area contributed by atoms with Gasteiger partial charge in [-0.1, -0.05) is 12.1 Å². The van der Waals surface area contributed by atoms with Crippen LogP contribution in [0.5, 0.6) is 0 Å². The molecule has 0 aromatic heterocycles. The molecule has 3 fully saturated rings. The van der Waals surface area contributed by atoms with Crippen molar-refractivity contribution in [2.75, 3.05) is 6.54 Å². The highest BCUT2D eigenvalue weighted by molar-refractivity contribution is 6.24. The van der Waals surface area contributed by atoms with Gasteiger partial charge in [-0.15, -0.1) is 0 Å². The molecule has 1 spiro atoms. The Kier molecular flexibility index (Phi) is 4.71. The molecule has 4 amide bonds. The predicted molar refractivity (Wildman–Crippen MR) is 108 cm³/mol. The van der Waals surface area contributed by atoms with Gasteiger partial charge in [0.2, 0.25) is 11.8 Å². The lowest BCUT2D eigenvalue weighted by molar-refractivity contribution is -0.136. The average Bonchev–Trinajstić information content (AvgIpc) is 3.24. The summed E-state index contributed by atoms with van der Waals surface area (Å²) < 4.78 is 0. The van der Waals surface area contributed by atoms with Gasteiger partial charge in [0.1, 0.15) is 6.04 Å². The first kappa shape index (κ1) is 19.4. The molecule has 30 heavy (non-hydrogen) atoms. The molecule has 4 aliphatic rings. The van der Waals surface area contributed by atoms with Gasteiger partial charge in [-0.2, -0.15) is 0 Å². The molecular weight excluding hydrogens is 384 g/mol. The maximum absolute atomic E-state index is 13.1. The third-order valence-electron chi connectivity index (χ3n) is 7.05. The fourth-order valence-electron chi connectivity index (χ4n) is 5.29. The molecule has 8 nitrogen and oxygen atoms in total. The average molecular weight is 410 g/mol. The van der Waals surface area contributed by atoms with Crippen molar-refractivity contribution in [1.82, 2.24) is 20.9 Å². The lowest BCUT2D eigenvalue weighted by atomic mass is 9.76. The maximum Gasteiger partial charge on any atom is 0.262 e. The molecule has 0 radical (unpaired) electrons. The second kappa shape index (κ2) is 7.28. The minimum absolute atomic E-state index is 0.119. The van der Waals surface area contributed by atoms with Crippen LogP contribution in [0.2, 0.25) is 0 Å². The van der Waals surface area contributed by atoms with E-state index in [2.05, 4.69) is 16.0 Å². The van der Waals surface area contributed by atoms with Crippen LogP contribution < -0.4 is 16.0 Å².